The Morgan fingerprint density at radius 2 is 0.971 bits per heavy atom. The molecule has 3 aromatic rings. The number of aliphatic hydroxyl groups is 6. The largest absolute Gasteiger partial charge is 0.406 e. The normalized spacial score (nSPS) is 29.0. The maximum atomic E-state index is 12.3. The standard InChI is InChI=1S/C19H34N2O5Si.C10H14N2O5.C9H12N2O6.C4H8O.CH3F/c1-8-14-16(23)17(26-27(11(2)3,12(4)5)13(6)7)18(25-14)21-10-9-15(22)20-19(21)24;1-2-5-7(14)8(15)9(17-5)12-4-3-6(13)11-10(12)16;12-3-4-6(14)7(15)8(17-4)11-2-1-5(13)10-9(11)16;1-2-4-5-3-1;1-2/h9-14,16-18,23H,8H2,1-7H3,(H,20,22,24);3-5,7-9,14-15H,2H2,1H3,(H,11,13,16);1-2,4,6-8,12,14-15H,3H2,(H,10,13,16);1-4H2;1H3/t14-,16+,17?,18-;5-,7+,8?,9-;4-,6+,7?,8-;;/m111../s1/i;;;;1D. The highest BCUT2D eigenvalue weighted by atomic mass is 28.4. The van der Waals surface area contributed by atoms with Crippen LogP contribution in [0.25, 0.3) is 0 Å². The van der Waals surface area contributed by atoms with Crippen LogP contribution in [-0.2, 0) is 23.4 Å². The first-order valence-electron chi connectivity index (χ1n) is 23.3. The first kappa shape index (κ1) is 56.3. The number of hydrogen-bond acceptors (Lipinski definition) is 17. The number of alkyl halides is 1. The molecule has 0 aromatic carbocycles. The van der Waals surface area contributed by atoms with E-state index in [0.717, 1.165) is 40.7 Å². The van der Waals surface area contributed by atoms with Crippen LogP contribution in [0.2, 0.25) is 16.6 Å². The van der Waals surface area contributed by atoms with Crippen molar-refractivity contribution < 1.29 is 59.8 Å². The van der Waals surface area contributed by atoms with Crippen molar-refractivity contribution in [2.75, 3.05) is 27.0 Å². The van der Waals surface area contributed by atoms with Crippen LogP contribution in [0.3, 0.4) is 0 Å². The maximum absolute atomic E-state index is 12.3. The molecule has 12 atom stereocenters. The third kappa shape index (κ3) is 13.7. The zero-order valence-corrected chi connectivity index (χ0v) is 40.7. The van der Waals surface area contributed by atoms with E-state index in [2.05, 4.69) is 51.5 Å². The van der Waals surface area contributed by atoms with Crippen molar-refractivity contribution in [1.82, 2.24) is 28.7 Å². The Bertz CT molecular complexity index is 2250. The quantitative estimate of drug-likeness (QED) is 0.113. The number of aromatic nitrogens is 6. The Kier molecular flexibility index (Phi) is 22.1. The van der Waals surface area contributed by atoms with Gasteiger partial charge in [0, 0.05) is 50.0 Å². The van der Waals surface area contributed by atoms with Crippen LogP contribution in [0.15, 0.2) is 65.6 Å². The van der Waals surface area contributed by atoms with Crippen molar-refractivity contribution in [2.45, 2.75) is 171 Å². The molecule has 4 saturated heterocycles. The topological polar surface area (TPSA) is 332 Å². The van der Waals surface area contributed by atoms with Crippen LogP contribution in [0.1, 0.15) is 101 Å². The van der Waals surface area contributed by atoms with Crippen molar-refractivity contribution >= 4 is 8.32 Å². The van der Waals surface area contributed by atoms with Gasteiger partial charge in [-0.1, -0.05) is 55.4 Å². The molecule has 0 bridgehead atoms. The first-order valence-corrected chi connectivity index (χ1v) is 24.7. The summed E-state index contributed by atoms with van der Waals surface area (Å²) in [4.78, 5) is 74.8. The van der Waals surface area contributed by atoms with Crippen LogP contribution in [0.4, 0.5) is 4.39 Å². The second-order valence-corrected chi connectivity index (χ2v) is 22.8. The number of aromatic amines is 3. The summed E-state index contributed by atoms with van der Waals surface area (Å²) in [7, 11) is -3.31. The fraction of sp³-hybridized carbons (Fsp3) is 0.721. The molecule has 4 aliphatic rings. The van der Waals surface area contributed by atoms with E-state index in [1.807, 2.05) is 11.9 Å². The number of ether oxygens (including phenoxy) is 4. The van der Waals surface area contributed by atoms with Crippen molar-refractivity contribution in [2.24, 2.45) is 0 Å². The molecule has 0 radical (unpaired) electrons. The molecule has 9 N–H and O–H groups in total. The van der Waals surface area contributed by atoms with E-state index in [-0.39, 0.29) is 0 Å². The molecule has 68 heavy (non-hydrogen) atoms. The van der Waals surface area contributed by atoms with Gasteiger partial charge in [-0.2, -0.15) is 0 Å². The molecule has 0 spiro atoms. The van der Waals surface area contributed by atoms with Crippen molar-refractivity contribution in [3.05, 3.63) is 99.3 Å². The van der Waals surface area contributed by atoms with Gasteiger partial charge >= 0.3 is 17.1 Å². The summed E-state index contributed by atoms with van der Waals surface area (Å²) in [5.41, 5.74) is -2.55. The molecule has 23 nitrogen and oxygen atoms in total. The van der Waals surface area contributed by atoms with Gasteiger partial charge in [0.15, 0.2) is 18.7 Å². The molecule has 3 aromatic heterocycles. The summed E-state index contributed by atoms with van der Waals surface area (Å²) < 4.78 is 47.1. The highest BCUT2D eigenvalue weighted by molar-refractivity contribution is 6.77. The smallest absolute Gasteiger partial charge is 0.330 e. The van der Waals surface area contributed by atoms with E-state index < -0.39 is 129 Å². The summed E-state index contributed by atoms with van der Waals surface area (Å²) in [6.45, 7) is 18.3. The summed E-state index contributed by atoms with van der Waals surface area (Å²) in [5, 5.41) is 58.4. The lowest BCUT2D eigenvalue weighted by Gasteiger charge is -2.45. The van der Waals surface area contributed by atoms with Gasteiger partial charge in [0.05, 0.1) is 27.3 Å². The molecule has 0 aliphatic carbocycles. The molecular formula is C43H71FN6O17Si. The molecule has 4 fully saturated rings. The minimum absolute atomic E-state index is 0.332. The highest BCUT2D eigenvalue weighted by Crippen LogP contribution is 2.46. The molecule has 7 rings (SSSR count). The van der Waals surface area contributed by atoms with Crippen LogP contribution >= 0.6 is 0 Å². The minimum atomic E-state index is -2.31. The lowest BCUT2D eigenvalue weighted by molar-refractivity contribution is -0.0550. The van der Waals surface area contributed by atoms with Crippen molar-refractivity contribution in [1.29, 1.82) is 0 Å². The Hall–Kier alpha value is -4.25. The number of nitrogens with zero attached hydrogens (tertiary/aromatic N) is 3. The summed E-state index contributed by atoms with van der Waals surface area (Å²) in [6.07, 6.45) is -3.64. The lowest BCUT2D eigenvalue weighted by atomic mass is 10.1. The first-order chi connectivity index (χ1) is 32.6. The van der Waals surface area contributed by atoms with E-state index >= 15 is 0 Å². The van der Waals surface area contributed by atoms with Gasteiger partial charge in [0.25, 0.3) is 16.7 Å². The molecule has 386 valence electrons. The van der Waals surface area contributed by atoms with Gasteiger partial charge in [0.2, 0.25) is 8.32 Å². The average Bonchev–Trinajstić information content (AvgIpc) is 4.09. The zero-order valence-electron chi connectivity index (χ0n) is 40.7. The second-order valence-electron chi connectivity index (χ2n) is 17.4. The molecule has 7 heterocycles. The summed E-state index contributed by atoms with van der Waals surface area (Å²) in [5.74, 6) is 0. The Morgan fingerprint density at radius 3 is 1.26 bits per heavy atom. The Labute approximate surface area is 393 Å². The summed E-state index contributed by atoms with van der Waals surface area (Å²) in [6, 6.07) is 3.53. The number of rotatable bonds is 11. The monoisotopic (exact) mass is 991 g/mol. The maximum Gasteiger partial charge on any atom is 0.330 e. The van der Waals surface area contributed by atoms with E-state index in [1.54, 1.807) is 6.92 Å². The predicted molar refractivity (Wildman–Crippen MR) is 246 cm³/mol. The molecule has 0 amide bonds. The highest BCUT2D eigenvalue weighted by Gasteiger charge is 2.53. The van der Waals surface area contributed by atoms with Crippen molar-refractivity contribution in [3.8, 4) is 0 Å². The average molecular weight is 992 g/mol. The van der Waals surface area contributed by atoms with Gasteiger partial charge in [-0.15, -0.1) is 0 Å². The molecule has 4 aliphatic heterocycles. The van der Waals surface area contributed by atoms with E-state index in [0.29, 0.717) is 29.5 Å². The van der Waals surface area contributed by atoms with E-state index in [9.17, 15) is 58.7 Å². The van der Waals surface area contributed by atoms with Crippen LogP contribution in [0, 0.1) is 0 Å². The lowest BCUT2D eigenvalue weighted by Crippen LogP contribution is -2.53. The molecule has 3 unspecified atom stereocenters. The second kappa shape index (κ2) is 26.6. The number of halogens is 1. The third-order valence-corrected chi connectivity index (χ3v) is 18.3. The van der Waals surface area contributed by atoms with Crippen LogP contribution in [0.5, 0.6) is 0 Å². The SMILES string of the molecule is C1CCOC1.CC[C@H]1O[C@@H](n2ccc(=O)[nH]c2=O)C(O)[C@H]1O.CC[C@H]1O[C@@H](n2ccc(=O)[nH]c2=O)C(O[Si](C(C)C)(C(C)C)C(C)C)[C@H]1O.O=c1ccn([C@@H]2O[C@H](CO)[C@H](O)C2O)c(=O)[nH]1.[2H]CF. The zero-order chi connectivity index (χ0) is 51.9. The van der Waals surface area contributed by atoms with Crippen LogP contribution < -0.4 is 33.7 Å². The third-order valence-electron chi connectivity index (χ3n) is 12.2. The Morgan fingerprint density at radius 1 is 0.632 bits per heavy atom. The number of aliphatic hydroxyl groups excluding tert-OH is 6. The fourth-order valence-electron chi connectivity index (χ4n) is 8.85. The fourth-order valence-corrected chi connectivity index (χ4v) is 14.4. The van der Waals surface area contributed by atoms with Gasteiger partial charge in [-0.3, -0.25) is 47.4 Å². The van der Waals surface area contributed by atoms with Gasteiger partial charge in [0.1, 0.15) is 42.7 Å². The number of nitrogens with one attached hydrogen (secondary N) is 3. The van der Waals surface area contributed by atoms with Gasteiger partial charge in [-0.05, 0) is 42.3 Å². The predicted octanol–water partition coefficient (Wildman–Crippen LogP) is -0.138. The van der Waals surface area contributed by atoms with Crippen LogP contribution in [-0.4, -0.2) is 150 Å². The molecular weight excluding hydrogens is 920 g/mol. The van der Waals surface area contributed by atoms with Gasteiger partial charge in [-0.25, -0.2) is 14.4 Å². The van der Waals surface area contributed by atoms with E-state index in [1.165, 1.54) is 35.9 Å². The van der Waals surface area contributed by atoms with Crippen molar-refractivity contribution in [3.63, 3.8) is 0 Å². The number of hydrogen-bond donors (Lipinski definition) is 9. The molecule has 25 heteroatoms. The number of H-pyrrole nitrogens is 3. The Balaban J connectivity index is 0.000000260. The summed E-state index contributed by atoms with van der Waals surface area (Å²) >= 11 is 0. The van der Waals surface area contributed by atoms with E-state index in [4.69, 9.17) is 29.9 Å². The minimum Gasteiger partial charge on any atom is -0.406 e. The van der Waals surface area contributed by atoms with Gasteiger partial charge < -0.3 is 54.0 Å². The molecule has 0 saturated carbocycles.